The summed E-state index contributed by atoms with van der Waals surface area (Å²) in [6.07, 6.45) is 0.242. The molecule has 1 aromatic carbocycles. The molecule has 0 spiro atoms. The maximum absolute atomic E-state index is 6.01. The van der Waals surface area contributed by atoms with Crippen molar-refractivity contribution in [3.8, 4) is 5.75 Å². The minimum atomic E-state index is 0.175. The highest BCUT2D eigenvalue weighted by molar-refractivity contribution is 5.59. The summed E-state index contributed by atoms with van der Waals surface area (Å²) in [6.45, 7) is 9.60. The van der Waals surface area contributed by atoms with Crippen molar-refractivity contribution in [2.45, 2.75) is 33.8 Å². The lowest BCUT2D eigenvalue weighted by molar-refractivity contribution is 0.0921. The Morgan fingerprint density at radius 3 is 2.73 bits per heavy atom. The number of rotatable bonds is 0. The molecule has 0 fully saturated rings. The molecule has 1 heterocycles. The molecular weight excluding hydrogens is 186 g/mol. The van der Waals surface area contributed by atoms with E-state index < -0.39 is 0 Å². The molecule has 1 aliphatic heterocycles. The predicted octanol–water partition coefficient (Wildman–Crippen LogP) is 3.21. The van der Waals surface area contributed by atoms with Crippen LogP contribution in [0.5, 0.6) is 5.75 Å². The zero-order valence-electron chi connectivity index (χ0n) is 9.92. The molecule has 15 heavy (non-hydrogen) atoms. The van der Waals surface area contributed by atoms with E-state index in [0.717, 1.165) is 18.0 Å². The highest BCUT2D eigenvalue weighted by atomic mass is 16.5. The van der Waals surface area contributed by atoms with Crippen molar-refractivity contribution >= 4 is 5.69 Å². The van der Waals surface area contributed by atoms with E-state index in [2.05, 4.69) is 51.2 Å². The Morgan fingerprint density at radius 2 is 2.07 bits per heavy atom. The first kappa shape index (κ1) is 10.3. The SMILES string of the molecule is Cc1ccc2c(c1)OC(C(C)(C)C)CN2. The lowest BCUT2D eigenvalue weighted by Crippen LogP contribution is -2.40. The van der Waals surface area contributed by atoms with Gasteiger partial charge in [0.25, 0.3) is 0 Å². The summed E-state index contributed by atoms with van der Waals surface area (Å²) in [6, 6.07) is 6.29. The van der Waals surface area contributed by atoms with Crippen LogP contribution >= 0.6 is 0 Å². The third kappa shape index (κ3) is 2.09. The van der Waals surface area contributed by atoms with Crippen molar-refractivity contribution in [2.24, 2.45) is 5.41 Å². The Bertz CT molecular complexity index is 365. The second-order valence-corrected chi connectivity index (χ2v) is 5.35. The highest BCUT2D eigenvalue weighted by Crippen LogP contribution is 2.34. The zero-order chi connectivity index (χ0) is 11.1. The molecule has 0 amide bonds. The van der Waals surface area contributed by atoms with Crippen molar-refractivity contribution < 1.29 is 4.74 Å². The summed E-state index contributed by atoms with van der Waals surface area (Å²) in [7, 11) is 0. The number of hydrogen-bond acceptors (Lipinski definition) is 2. The van der Waals surface area contributed by atoms with Crippen molar-refractivity contribution in [3.63, 3.8) is 0 Å². The summed E-state index contributed by atoms with van der Waals surface area (Å²) < 4.78 is 6.01. The first-order valence-corrected chi connectivity index (χ1v) is 5.48. The van der Waals surface area contributed by atoms with E-state index in [1.807, 2.05) is 0 Å². The lowest BCUT2D eigenvalue weighted by Gasteiger charge is -2.36. The topological polar surface area (TPSA) is 21.3 Å². The van der Waals surface area contributed by atoms with Crippen LogP contribution in [0.4, 0.5) is 5.69 Å². The predicted molar refractivity (Wildman–Crippen MR) is 63.5 cm³/mol. The summed E-state index contributed by atoms with van der Waals surface area (Å²) in [5.41, 5.74) is 2.53. The number of benzene rings is 1. The molecule has 1 unspecified atom stereocenters. The lowest BCUT2D eigenvalue weighted by atomic mass is 9.88. The third-order valence-corrected chi connectivity index (χ3v) is 2.85. The van der Waals surface area contributed by atoms with Gasteiger partial charge >= 0.3 is 0 Å². The van der Waals surface area contributed by atoms with Crippen LogP contribution in [0.15, 0.2) is 18.2 Å². The number of nitrogens with one attached hydrogen (secondary N) is 1. The highest BCUT2D eigenvalue weighted by Gasteiger charge is 2.30. The van der Waals surface area contributed by atoms with Gasteiger partial charge in [0.15, 0.2) is 0 Å². The van der Waals surface area contributed by atoms with E-state index in [0.29, 0.717) is 0 Å². The fraction of sp³-hybridized carbons (Fsp3) is 0.538. The van der Waals surface area contributed by atoms with Gasteiger partial charge in [-0.3, -0.25) is 0 Å². The van der Waals surface area contributed by atoms with Gasteiger partial charge < -0.3 is 10.1 Å². The summed E-state index contributed by atoms with van der Waals surface area (Å²) in [5.74, 6) is 0.987. The first-order chi connectivity index (χ1) is 6.97. The van der Waals surface area contributed by atoms with Crippen molar-refractivity contribution in [2.75, 3.05) is 11.9 Å². The van der Waals surface area contributed by atoms with Crippen LogP contribution in [-0.4, -0.2) is 12.6 Å². The van der Waals surface area contributed by atoms with E-state index in [9.17, 15) is 0 Å². The normalized spacial score (nSPS) is 20.1. The van der Waals surface area contributed by atoms with Gasteiger partial charge in [-0.25, -0.2) is 0 Å². The molecule has 82 valence electrons. The minimum Gasteiger partial charge on any atom is -0.486 e. The van der Waals surface area contributed by atoms with Gasteiger partial charge in [0.2, 0.25) is 0 Å². The average molecular weight is 205 g/mol. The summed E-state index contributed by atoms with van der Waals surface area (Å²) in [5, 5.41) is 3.42. The van der Waals surface area contributed by atoms with Gasteiger partial charge in [-0.05, 0) is 24.6 Å². The van der Waals surface area contributed by atoms with Crippen LogP contribution in [0.25, 0.3) is 0 Å². The number of ether oxygens (including phenoxy) is 1. The molecule has 0 bridgehead atoms. The Labute approximate surface area is 91.6 Å². The second kappa shape index (κ2) is 3.44. The maximum Gasteiger partial charge on any atom is 0.143 e. The molecule has 1 N–H and O–H groups in total. The number of aryl methyl sites for hydroxylation is 1. The van der Waals surface area contributed by atoms with Crippen LogP contribution in [-0.2, 0) is 0 Å². The molecule has 2 heteroatoms. The number of fused-ring (bicyclic) bond motifs is 1. The fourth-order valence-electron chi connectivity index (χ4n) is 1.75. The molecule has 2 rings (SSSR count). The van der Waals surface area contributed by atoms with Gasteiger partial charge in [-0.1, -0.05) is 26.8 Å². The Morgan fingerprint density at radius 1 is 1.33 bits per heavy atom. The van der Waals surface area contributed by atoms with E-state index in [1.165, 1.54) is 5.56 Å². The van der Waals surface area contributed by atoms with E-state index in [1.54, 1.807) is 0 Å². The van der Waals surface area contributed by atoms with Gasteiger partial charge in [0.05, 0.1) is 12.2 Å². The van der Waals surface area contributed by atoms with Crippen LogP contribution in [0.3, 0.4) is 0 Å². The van der Waals surface area contributed by atoms with Crippen molar-refractivity contribution in [3.05, 3.63) is 23.8 Å². The smallest absolute Gasteiger partial charge is 0.143 e. The van der Waals surface area contributed by atoms with Crippen LogP contribution in [0.1, 0.15) is 26.3 Å². The standard InChI is InChI=1S/C13H19NO/c1-9-5-6-10-11(7-9)15-12(8-14-10)13(2,3)4/h5-7,12,14H,8H2,1-4H3. The molecule has 2 nitrogen and oxygen atoms in total. The summed E-state index contributed by atoms with van der Waals surface area (Å²) in [4.78, 5) is 0. The van der Waals surface area contributed by atoms with E-state index in [4.69, 9.17) is 4.74 Å². The minimum absolute atomic E-state index is 0.175. The molecule has 0 aliphatic carbocycles. The molecule has 0 aromatic heterocycles. The Balaban J connectivity index is 2.26. The third-order valence-electron chi connectivity index (χ3n) is 2.85. The molecule has 1 atom stereocenters. The van der Waals surface area contributed by atoms with Gasteiger partial charge in [-0.15, -0.1) is 0 Å². The quantitative estimate of drug-likeness (QED) is 0.702. The second-order valence-electron chi connectivity index (χ2n) is 5.35. The summed E-state index contributed by atoms with van der Waals surface area (Å²) >= 11 is 0. The fourth-order valence-corrected chi connectivity index (χ4v) is 1.75. The number of hydrogen-bond donors (Lipinski definition) is 1. The molecule has 0 saturated carbocycles. The van der Waals surface area contributed by atoms with Crippen molar-refractivity contribution in [1.82, 2.24) is 0 Å². The van der Waals surface area contributed by atoms with Gasteiger partial charge in [0, 0.05) is 5.41 Å². The largest absolute Gasteiger partial charge is 0.486 e. The number of anilines is 1. The van der Waals surface area contributed by atoms with Crippen LogP contribution < -0.4 is 10.1 Å². The molecular formula is C13H19NO. The average Bonchev–Trinajstić information content (AvgIpc) is 2.15. The molecule has 0 saturated heterocycles. The molecule has 0 radical (unpaired) electrons. The zero-order valence-corrected chi connectivity index (χ0v) is 9.92. The van der Waals surface area contributed by atoms with Gasteiger partial charge in [0.1, 0.15) is 11.9 Å². The monoisotopic (exact) mass is 205 g/mol. The molecule has 1 aromatic rings. The van der Waals surface area contributed by atoms with E-state index >= 15 is 0 Å². The van der Waals surface area contributed by atoms with Crippen molar-refractivity contribution in [1.29, 1.82) is 0 Å². The maximum atomic E-state index is 6.01. The molecule has 1 aliphatic rings. The first-order valence-electron chi connectivity index (χ1n) is 5.48. The Kier molecular flexibility index (Phi) is 2.37. The van der Waals surface area contributed by atoms with Gasteiger partial charge in [-0.2, -0.15) is 0 Å². The van der Waals surface area contributed by atoms with Crippen LogP contribution in [0.2, 0.25) is 0 Å². The van der Waals surface area contributed by atoms with Crippen LogP contribution in [0, 0.1) is 12.3 Å². The van der Waals surface area contributed by atoms with E-state index in [-0.39, 0.29) is 11.5 Å². The Hall–Kier alpha value is -1.18.